The van der Waals surface area contributed by atoms with E-state index in [4.69, 9.17) is 11.6 Å². The molecule has 1 aromatic carbocycles. The lowest BCUT2D eigenvalue weighted by molar-refractivity contribution is 0.802. The van der Waals surface area contributed by atoms with Gasteiger partial charge in [-0.05, 0) is 29.3 Å². The van der Waals surface area contributed by atoms with E-state index in [9.17, 15) is 0 Å². The molecule has 6 heteroatoms. The third kappa shape index (κ3) is 4.98. The number of aromatic nitrogens is 3. The predicted octanol–water partition coefficient (Wildman–Crippen LogP) is 4.30. The van der Waals surface area contributed by atoms with E-state index in [0.29, 0.717) is 5.95 Å². The summed E-state index contributed by atoms with van der Waals surface area (Å²) < 4.78 is 0.255. The predicted molar refractivity (Wildman–Crippen MR) is 85.6 cm³/mol. The van der Waals surface area contributed by atoms with E-state index in [1.54, 1.807) is 0 Å². The van der Waals surface area contributed by atoms with E-state index in [0.717, 1.165) is 11.4 Å². The molecule has 2 aromatic rings. The van der Waals surface area contributed by atoms with Crippen molar-refractivity contribution in [2.75, 3.05) is 5.32 Å². The van der Waals surface area contributed by atoms with Gasteiger partial charge in [-0.3, -0.25) is 0 Å². The average molecular weight is 309 g/mol. The number of thioether (sulfide) groups is 1. The second-order valence-corrected chi connectivity index (χ2v) is 7.44. The van der Waals surface area contributed by atoms with Crippen molar-refractivity contribution < 1.29 is 0 Å². The molecule has 0 aliphatic carbocycles. The van der Waals surface area contributed by atoms with Crippen LogP contribution < -0.4 is 5.32 Å². The highest BCUT2D eigenvalue weighted by Gasteiger charge is 2.10. The first-order valence-corrected chi connectivity index (χ1v) is 7.63. The summed E-state index contributed by atoms with van der Waals surface area (Å²) in [6.45, 7) is 6.64. The van der Waals surface area contributed by atoms with E-state index >= 15 is 0 Å². The normalized spacial score (nSPS) is 11.4. The number of rotatable bonds is 4. The Labute approximate surface area is 128 Å². The second-order valence-electron chi connectivity index (χ2n) is 5.30. The van der Waals surface area contributed by atoms with Crippen molar-refractivity contribution in [1.29, 1.82) is 0 Å². The molecule has 4 nitrogen and oxygen atoms in total. The molecule has 0 saturated heterocycles. The van der Waals surface area contributed by atoms with Crippen molar-refractivity contribution in [3.8, 4) is 0 Å². The van der Waals surface area contributed by atoms with E-state index in [-0.39, 0.29) is 10.0 Å². The van der Waals surface area contributed by atoms with Crippen LogP contribution in [0.3, 0.4) is 0 Å². The van der Waals surface area contributed by atoms with E-state index in [1.807, 2.05) is 23.9 Å². The van der Waals surface area contributed by atoms with E-state index in [1.165, 1.54) is 11.9 Å². The monoisotopic (exact) mass is 308 g/mol. The van der Waals surface area contributed by atoms with Gasteiger partial charge >= 0.3 is 0 Å². The highest BCUT2D eigenvalue weighted by molar-refractivity contribution is 7.99. The van der Waals surface area contributed by atoms with Gasteiger partial charge < -0.3 is 5.32 Å². The summed E-state index contributed by atoms with van der Waals surface area (Å²) in [6, 6.07) is 8.20. The van der Waals surface area contributed by atoms with Crippen LogP contribution in [0.5, 0.6) is 0 Å². The van der Waals surface area contributed by atoms with Crippen molar-refractivity contribution in [3.05, 3.63) is 41.4 Å². The molecule has 1 aromatic heterocycles. The van der Waals surface area contributed by atoms with Gasteiger partial charge in [0.25, 0.3) is 0 Å². The van der Waals surface area contributed by atoms with Gasteiger partial charge in [0.1, 0.15) is 6.33 Å². The fourth-order valence-electron chi connectivity index (χ4n) is 1.50. The topological polar surface area (TPSA) is 50.7 Å². The molecular weight excluding hydrogens is 292 g/mol. The Kier molecular flexibility index (Phi) is 4.83. The van der Waals surface area contributed by atoms with Crippen LogP contribution in [-0.2, 0) is 5.75 Å². The number of hydrogen-bond donors (Lipinski definition) is 1. The summed E-state index contributed by atoms with van der Waals surface area (Å²) in [5.41, 5.74) is 2.20. The fraction of sp³-hybridized carbons (Fsp3) is 0.357. The van der Waals surface area contributed by atoms with Gasteiger partial charge in [-0.25, -0.2) is 9.97 Å². The number of hydrogen-bond acceptors (Lipinski definition) is 5. The van der Waals surface area contributed by atoms with Gasteiger partial charge in [0.2, 0.25) is 11.2 Å². The van der Waals surface area contributed by atoms with Crippen LogP contribution in [-0.4, -0.2) is 19.7 Å². The lowest BCUT2D eigenvalue weighted by Gasteiger charge is -2.17. The summed E-state index contributed by atoms with van der Waals surface area (Å²) in [4.78, 5) is 11.8. The highest BCUT2D eigenvalue weighted by Crippen LogP contribution is 2.28. The summed E-state index contributed by atoms with van der Waals surface area (Å²) in [6.07, 6.45) is 1.39. The first-order chi connectivity index (χ1) is 9.42. The molecule has 106 valence electrons. The largest absolute Gasteiger partial charge is 0.324 e. The molecule has 0 unspecified atom stereocenters. The molecule has 0 radical (unpaired) electrons. The van der Waals surface area contributed by atoms with E-state index < -0.39 is 0 Å². The lowest BCUT2D eigenvalue weighted by Crippen LogP contribution is -2.07. The molecule has 20 heavy (non-hydrogen) atoms. The van der Waals surface area contributed by atoms with Crippen molar-refractivity contribution in [2.24, 2.45) is 0 Å². The molecule has 0 saturated carbocycles. The van der Waals surface area contributed by atoms with Crippen LogP contribution in [0.25, 0.3) is 0 Å². The summed E-state index contributed by atoms with van der Waals surface area (Å²) >= 11 is 7.65. The smallest absolute Gasteiger partial charge is 0.231 e. The van der Waals surface area contributed by atoms with Gasteiger partial charge in [0.15, 0.2) is 0 Å². The lowest BCUT2D eigenvalue weighted by atomic mass is 10.2. The van der Waals surface area contributed by atoms with Crippen LogP contribution in [0.2, 0.25) is 5.28 Å². The highest BCUT2D eigenvalue weighted by atomic mass is 35.5. The van der Waals surface area contributed by atoms with Gasteiger partial charge in [0, 0.05) is 16.2 Å². The van der Waals surface area contributed by atoms with Crippen LogP contribution >= 0.6 is 23.4 Å². The maximum absolute atomic E-state index is 5.74. The standard InChI is InChI=1S/C14H17ClN4S/c1-14(2,3)20-8-10-5-4-6-11(7-10)18-13-17-9-16-12(15)19-13/h4-7,9H,8H2,1-3H3,(H,16,17,18,19). The minimum Gasteiger partial charge on any atom is -0.324 e. The Hall–Kier alpha value is -1.33. The van der Waals surface area contributed by atoms with Crippen LogP contribution in [0, 0.1) is 0 Å². The van der Waals surface area contributed by atoms with Crippen molar-refractivity contribution in [2.45, 2.75) is 31.3 Å². The third-order valence-corrected chi connectivity index (χ3v) is 3.92. The van der Waals surface area contributed by atoms with Crippen molar-refractivity contribution in [1.82, 2.24) is 15.0 Å². The summed E-state index contributed by atoms with van der Waals surface area (Å²) in [5.74, 6) is 1.42. The second kappa shape index (κ2) is 6.41. The maximum atomic E-state index is 5.74. The van der Waals surface area contributed by atoms with Gasteiger partial charge in [-0.1, -0.05) is 32.9 Å². The molecule has 0 fully saturated rings. The Morgan fingerprint density at radius 2 is 2.05 bits per heavy atom. The van der Waals surface area contributed by atoms with Crippen LogP contribution in [0.4, 0.5) is 11.6 Å². The molecule has 0 spiro atoms. The Balaban J connectivity index is 2.06. The maximum Gasteiger partial charge on any atom is 0.231 e. The first-order valence-electron chi connectivity index (χ1n) is 6.27. The molecule has 1 heterocycles. The minimum atomic E-state index is 0.182. The zero-order chi connectivity index (χ0) is 14.6. The molecule has 0 bridgehead atoms. The minimum absolute atomic E-state index is 0.182. The van der Waals surface area contributed by atoms with Gasteiger partial charge in [-0.15, -0.1) is 0 Å². The average Bonchev–Trinajstić information content (AvgIpc) is 2.36. The number of halogens is 1. The molecule has 1 N–H and O–H groups in total. The van der Waals surface area contributed by atoms with Crippen molar-refractivity contribution in [3.63, 3.8) is 0 Å². The zero-order valence-corrected chi connectivity index (χ0v) is 13.3. The van der Waals surface area contributed by atoms with Gasteiger partial charge in [0.05, 0.1) is 0 Å². The number of nitrogens with one attached hydrogen (secondary N) is 1. The van der Waals surface area contributed by atoms with E-state index in [2.05, 4.69) is 53.2 Å². The molecular formula is C14H17ClN4S. The fourth-order valence-corrected chi connectivity index (χ4v) is 2.41. The SMILES string of the molecule is CC(C)(C)SCc1cccc(Nc2ncnc(Cl)n2)c1. The quantitative estimate of drug-likeness (QED) is 0.912. The number of nitrogens with zero attached hydrogens (tertiary/aromatic N) is 3. The molecule has 0 aliphatic heterocycles. The number of benzene rings is 1. The van der Waals surface area contributed by atoms with Crippen molar-refractivity contribution >= 4 is 35.0 Å². The van der Waals surface area contributed by atoms with Crippen LogP contribution in [0.1, 0.15) is 26.3 Å². The molecule has 0 atom stereocenters. The summed E-state index contributed by atoms with van der Waals surface area (Å²) in [7, 11) is 0. The Morgan fingerprint density at radius 3 is 2.75 bits per heavy atom. The molecule has 0 aliphatic rings. The van der Waals surface area contributed by atoms with Crippen LogP contribution in [0.15, 0.2) is 30.6 Å². The van der Waals surface area contributed by atoms with Gasteiger partial charge in [-0.2, -0.15) is 16.7 Å². The number of anilines is 2. The molecule has 0 amide bonds. The first kappa shape index (κ1) is 15.1. The Morgan fingerprint density at radius 1 is 1.25 bits per heavy atom. The third-order valence-electron chi connectivity index (χ3n) is 2.40. The Bertz CT molecular complexity index is 583. The molecule has 2 rings (SSSR count). The summed E-state index contributed by atoms with van der Waals surface area (Å²) in [5, 5.41) is 3.31. The zero-order valence-electron chi connectivity index (χ0n) is 11.7.